The number of hydrogen-bond donors (Lipinski definition) is 3. The summed E-state index contributed by atoms with van der Waals surface area (Å²) in [6.07, 6.45) is 7.30. The van der Waals surface area contributed by atoms with E-state index in [1.165, 1.54) is 6.07 Å². The molecule has 0 spiro atoms. The van der Waals surface area contributed by atoms with Crippen LogP contribution >= 0.6 is 11.8 Å². The summed E-state index contributed by atoms with van der Waals surface area (Å²) in [6.45, 7) is 11.1. The van der Waals surface area contributed by atoms with Crippen molar-refractivity contribution in [2.75, 3.05) is 12.0 Å². The molecule has 0 saturated heterocycles. The van der Waals surface area contributed by atoms with Gasteiger partial charge >= 0.3 is 6.09 Å². The van der Waals surface area contributed by atoms with E-state index in [0.29, 0.717) is 24.2 Å². The summed E-state index contributed by atoms with van der Waals surface area (Å²) in [5, 5.41) is 16.3. The third-order valence-corrected chi connectivity index (χ3v) is 7.64. The highest BCUT2D eigenvalue weighted by molar-refractivity contribution is 7.98. The lowest BCUT2D eigenvalue weighted by molar-refractivity contribution is -0.149. The number of thioether (sulfide) groups is 1. The molecule has 3 amide bonds. The first-order chi connectivity index (χ1) is 17.8. The van der Waals surface area contributed by atoms with Crippen LogP contribution in [0.2, 0.25) is 0 Å². The number of amides is 3. The molecule has 9 heteroatoms. The minimum Gasteiger partial charge on any atom is -0.508 e. The Morgan fingerprint density at radius 2 is 1.79 bits per heavy atom. The summed E-state index contributed by atoms with van der Waals surface area (Å²) in [6, 6.07) is 4.70. The van der Waals surface area contributed by atoms with E-state index in [-0.39, 0.29) is 23.6 Å². The summed E-state index contributed by atoms with van der Waals surface area (Å²) < 4.78 is 5.46. The molecule has 0 radical (unpaired) electrons. The van der Waals surface area contributed by atoms with Gasteiger partial charge in [-0.3, -0.25) is 9.59 Å². The maximum atomic E-state index is 14.4. The Balaban J connectivity index is 2.54. The van der Waals surface area contributed by atoms with Crippen molar-refractivity contribution < 1.29 is 24.2 Å². The fraction of sp³-hybridized carbons (Fsp3) is 0.690. The average molecular weight is 550 g/mol. The summed E-state index contributed by atoms with van der Waals surface area (Å²) in [4.78, 5) is 42.7. The van der Waals surface area contributed by atoms with E-state index in [2.05, 4.69) is 10.6 Å². The molecule has 2 atom stereocenters. The number of carbonyl (C=O) groups is 3. The first-order valence-electron chi connectivity index (χ1n) is 13.7. The van der Waals surface area contributed by atoms with Gasteiger partial charge in [0.25, 0.3) is 0 Å². The van der Waals surface area contributed by atoms with Gasteiger partial charge in [0, 0.05) is 11.6 Å². The SMILES string of the molecule is CCC(C)(C)N(C(=O)C(CCSC)NC(=O)OC(C)(C)C)C(C(=O)NC1CCCCC1)c1cccc(O)c1. The number of aromatic hydroxyl groups is 1. The van der Waals surface area contributed by atoms with Crippen LogP contribution in [0.4, 0.5) is 4.79 Å². The minimum absolute atomic E-state index is 0.0190. The van der Waals surface area contributed by atoms with E-state index in [1.54, 1.807) is 55.6 Å². The number of phenolic OH excluding ortho intramolecular Hbond substituents is 1. The number of ether oxygens (including phenoxy) is 1. The Kier molecular flexibility index (Phi) is 11.8. The second-order valence-corrected chi connectivity index (χ2v) is 12.7. The highest BCUT2D eigenvalue weighted by Gasteiger charge is 2.43. The summed E-state index contributed by atoms with van der Waals surface area (Å²) in [5.74, 6) is 0.0186. The van der Waals surface area contributed by atoms with Gasteiger partial charge in [0.1, 0.15) is 23.4 Å². The molecular weight excluding hydrogens is 502 g/mol. The number of rotatable bonds is 11. The van der Waals surface area contributed by atoms with Crippen LogP contribution in [0.3, 0.4) is 0 Å². The number of phenols is 1. The standard InChI is InChI=1S/C29H47N3O5S/c1-8-29(5,6)32(26(35)23(17-18-38-7)31-27(36)37-28(2,3)4)24(20-13-12-16-22(33)19-20)25(34)30-21-14-10-9-11-15-21/h12-13,16,19,21,23-24,33H,8-11,14-15,17-18H2,1-7H3,(H,30,34)(H,31,36). The van der Waals surface area contributed by atoms with Gasteiger partial charge in [-0.05, 0) is 90.0 Å². The number of hydrogen-bond acceptors (Lipinski definition) is 6. The molecule has 2 rings (SSSR count). The highest BCUT2D eigenvalue weighted by Crippen LogP contribution is 2.34. The molecule has 1 aromatic rings. The van der Waals surface area contributed by atoms with Crippen LogP contribution in [0, 0.1) is 0 Å². The Bertz CT molecular complexity index is 940. The molecule has 0 aromatic heterocycles. The normalized spacial score (nSPS) is 16.3. The van der Waals surface area contributed by atoms with Gasteiger partial charge in [0.2, 0.25) is 11.8 Å². The van der Waals surface area contributed by atoms with Crippen molar-refractivity contribution in [1.29, 1.82) is 0 Å². The second kappa shape index (κ2) is 14.1. The fourth-order valence-electron chi connectivity index (χ4n) is 4.70. The molecule has 1 aliphatic carbocycles. The Morgan fingerprint density at radius 3 is 2.34 bits per heavy atom. The zero-order valence-electron chi connectivity index (χ0n) is 24.1. The lowest BCUT2D eigenvalue weighted by atomic mass is 9.90. The van der Waals surface area contributed by atoms with Crippen LogP contribution in [0.15, 0.2) is 24.3 Å². The smallest absolute Gasteiger partial charge is 0.408 e. The third-order valence-electron chi connectivity index (χ3n) is 7.00. The molecule has 1 aromatic carbocycles. The van der Waals surface area contributed by atoms with Crippen molar-refractivity contribution in [2.24, 2.45) is 0 Å². The maximum absolute atomic E-state index is 14.4. The number of benzene rings is 1. The molecule has 8 nitrogen and oxygen atoms in total. The van der Waals surface area contributed by atoms with Crippen LogP contribution in [-0.4, -0.2) is 63.1 Å². The van der Waals surface area contributed by atoms with Gasteiger partial charge in [0.05, 0.1) is 0 Å². The topological polar surface area (TPSA) is 108 Å². The van der Waals surface area contributed by atoms with Crippen LogP contribution in [-0.2, 0) is 14.3 Å². The summed E-state index contributed by atoms with van der Waals surface area (Å²) >= 11 is 1.57. The number of nitrogens with zero attached hydrogens (tertiary/aromatic N) is 1. The predicted molar refractivity (Wildman–Crippen MR) is 153 cm³/mol. The average Bonchev–Trinajstić information content (AvgIpc) is 2.83. The quantitative estimate of drug-likeness (QED) is 0.334. The lowest BCUT2D eigenvalue weighted by Crippen LogP contribution is -2.60. The second-order valence-electron chi connectivity index (χ2n) is 11.7. The molecule has 0 bridgehead atoms. The van der Waals surface area contributed by atoms with Gasteiger partial charge in [-0.1, -0.05) is 38.3 Å². The van der Waals surface area contributed by atoms with Crippen molar-refractivity contribution in [2.45, 2.75) is 116 Å². The lowest BCUT2D eigenvalue weighted by Gasteiger charge is -2.45. The van der Waals surface area contributed by atoms with Crippen molar-refractivity contribution >= 4 is 29.7 Å². The van der Waals surface area contributed by atoms with E-state index in [0.717, 1.165) is 32.1 Å². The molecule has 0 aliphatic heterocycles. The summed E-state index contributed by atoms with van der Waals surface area (Å²) in [7, 11) is 0. The Labute approximate surface area is 232 Å². The molecular formula is C29H47N3O5S. The van der Waals surface area contributed by atoms with Crippen molar-refractivity contribution in [3.05, 3.63) is 29.8 Å². The van der Waals surface area contributed by atoms with E-state index in [4.69, 9.17) is 4.74 Å². The fourth-order valence-corrected chi connectivity index (χ4v) is 5.17. The van der Waals surface area contributed by atoms with E-state index in [1.807, 2.05) is 27.0 Å². The zero-order chi connectivity index (χ0) is 28.5. The van der Waals surface area contributed by atoms with Crippen LogP contribution < -0.4 is 10.6 Å². The first kappa shape index (κ1) is 31.8. The molecule has 214 valence electrons. The van der Waals surface area contributed by atoms with Crippen molar-refractivity contribution in [3.8, 4) is 5.75 Å². The number of alkyl carbamates (subject to hydrolysis) is 1. The zero-order valence-corrected chi connectivity index (χ0v) is 25.0. The van der Waals surface area contributed by atoms with Gasteiger partial charge in [0.15, 0.2) is 0 Å². The maximum Gasteiger partial charge on any atom is 0.408 e. The minimum atomic E-state index is -0.983. The van der Waals surface area contributed by atoms with Gasteiger partial charge in [-0.2, -0.15) is 11.8 Å². The van der Waals surface area contributed by atoms with Crippen LogP contribution in [0.1, 0.15) is 98.1 Å². The molecule has 1 saturated carbocycles. The molecule has 38 heavy (non-hydrogen) atoms. The molecule has 0 heterocycles. The molecule has 1 fully saturated rings. The molecule has 2 unspecified atom stereocenters. The Morgan fingerprint density at radius 1 is 1.13 bits per heavy atom. The van der Waals surface area contributed by atoms with Crippen molar-refractivity contribution in [1.82, 2.24) is 15.5 Å². The van der Waals surface area contributed by atoms with E-state index < -0.39 is 29.3 Å². The van der Waals surface area contributed by atoms with E-state index >= 15 is 0 Å². The van der Waals surface area contributed by atoms with Crippen LogP contribution in [0.25, 0.3) is 0 Å². The van der Waals surface area contributed by atoms with E-state index in [9.17, 15) is 19.5 Å². The Hall–Kier alpha value is -2.42. The van der Waals surface area contributed by atoms with Gasteiger partial charge < -0.3 is 25.4 Å². The van der Waals surface area contributed by atoms with Gasteiger partial charge in [-0.15, -0.1) is 0 Å². The third kappa shape index (κ3) is 9.40. The monoisotopic (exact) mass is 549 g/mol. The van der Waals surface area contributed by atoms with Crippen molar-refractivity contribution in [3.63, 3.8) is 0 Å². The number of carbonyl (C=O) groups excluding carboxylic acids is 3. The predicted octanol–water partition coefficient (Wildman–Crippen LogP) is 5.55. The number of nitrogens with one attached hydrogen (secondary N) is 2. The van der Waals surface area contributed by atoms with Crippen LogP contribution in [0.5, 0.6) is 5.75 Å². The summed E-state index contributed by atoms with van der Waals surface area (Å²) in [5.41, 5.74) is -0.928. The highest BCUT2D eigenvalue weighted by atomic mass is 32.2. The molecule has 1 aliphatic rings. The molecule has 3 N–H and O–H groups in total. The first-order valence-corrected chi connectivity index (χ1v) is 15.1. The largest absolute Gasteiger partial charge is 0.508 e. The van der Waals surface area contributed by atoms with Gasteiger partial charge in [-0.25, -0.2) is 4.79 Å².